The number of carbonyl (C=O) groups excluding carboxylic acids is 3. The molecule has 2 atom stereocenters. The van der Waals surface area contributed by atoms with Gasteiger partial charge < -0.3 is 14.8 Å². The van der Waals surface area contributed by atoms with Crippen molar-refractivity contribution < 1.29 is 23.9 Å². The van der Waals surface area contributed by atoms with Crippen LogP contribution in [0.4, 0.5) is 4.79 Å². The minimum Gasteiger partial charge on any atom is -0.457 e. The summed E-state index contributed by atoms with van der Waals surface area (Å²) in [6, 6.07) is -0.490. The standard InChI is InChI=1S/C16H22N2O5/c1-15(10-2-3-10)13(20)18(14(21)17-15)8-12(19)23-16(5-6-16)11-4-7-22-9-11/h10-11H,2-9H2,1H3,(H,17,21)/t11-,15-/m1/s1. The Hall–Kier alpha value is -1.63. The summed E-state index contributed by atoms with van der Waals surface area (Å²) >= 11 is 0. The Morgan fingerprint density at radius 1 is 1.30 bits per heavy atom. The fourth-order valence-corrected chi connectivity index (χ4v) is 3.85. The Morgan fingerprint density at radius 2 is 2.04 bits per heavy atom. The van der Waals surface area contributed by atoms with Gasteiger partial charge in [0.15, 0.2) is 0 Å². The molecule has 0 aromatic carbocycles. The third kappa shape index (κ3) is 2.41. The third-order valence-electron chi connectivity index (χ3n) is 5.72. The Morgan fingerprint density at radius 3 is 2.61 bits per heavy atom. The molecule has 2 aliphatic heterocycles. The van der Waals surface area contributed by atoms with Gasteiger partial charge in [0.05, 0.1) is 6.61 Å². The van der Waals surface area contributed by atoms with Crippen molar-refractivity contribution in [3.63, 3.8) is 0 Å². The lowest BCUT2D eigenvalue weighted by molar-refractivity contribution is -0.157. The van der Waals surface area contributed by atoms with E-state index in [0.717, 1.165) is 37.0 Å². The van der Waals surface area contributed by atoms with Crippen LogP contribution in [0.1, 0.15) is 39.0 Å². The van der Waals surface area contributed by atoms with Crippen LogP contribution in [0.15, 0.2) is 0 Å². The minimum atomic E-state index is -0.853. The lowest BCUT2D eigenvalue weighted by Gasteiger charge is -2.24. The first-order valence-corrected chi connectivity index (χ1v) is 8.38. The number of hydrogen-bond donors (Lipinski definition) is 1. The van der Waals surface area contributed by atoms with Crippen molar-refractivity contribution in [1.82, 2.24) is 10.2 Å². The highest BCUT2D eigenvalue weighted by atomic mass is 16.6. The number of esters is 1. The monoisotopic (exact) mass is 322 g/mol. The molecule has 126 valence electrons. The van der Waals surface area contributed by atoms with Gasteiger partial charge in [0.25, 0.3) is 5.91 Å². The zero-order chi connectivity index (χ0) is 16.2. The van der Waals surface area contributed by atoms with Gasteiger partial charge in [-0.15, -0.1) is 0 Å². The second kappa shape index (κ2) is 4.93. The quantitative estimate of drug-likeness (QED) is 0.598. The molecule has 7 nitrogen and oxygen atoms in total. The molecule has 0 unspecified atom stereocenters. The first-order valence-electron chi connectivity index (χ1n) is 8.38. The van der Waals surface area contributed by atoms with Gasteiger partial charge in [0.1, 0.15) is 17.7 Å². The van der Waals surface area contributed by atoms with Crippen molar-refractivity contribution in [2.75, 3.05) is 19.8 Å². The summed E-state index contributed by atoms with van der Waals surface area (Å²) in [7, 11) is 0. The van der Waals surface area contributed by atoms with Gasteiger partial charge in [-0.2, -0.15) is 0 Å². The molecule has 4 fully saturated rings. The largest absolute Gasteiger partial charge is 0.457 e. The highest BCUT2D eigenvalue weighted by molar-refractivity contribution is 6.08. The van der Waals surface area contributed by atoms with Crippen molar-refractivity contribution in [1.29, 1.82) is 0 Å². The van der Waals surface area contributed by atoms with Crippen molar-refractivity contribution in [3.05, 3.63) is 0 Å². The van der Waals surface area contributed by atoms with Crippen molar-refractivity contribution in [2.45, 2.75) is 50.2 Å². The molecule has 0 aromatic heterocycles. The number of nitrogens with zero attached hydrogens (tertiary/aromatic N) is 1. The minimum absolute atomic E-state index is 0.186. The van der Waals surface area contributed by atoms with Crippen LogP contribution in [-0.2, 0) is 19.1 Å². The predicted octanol–water partition coefficient (Wildman–Crippen LogP) is 0.819. The molecule has 2 aliphatic carbocycles. The Balaban J connectivity index is 1.39. The van der Waals surface area contributed by atoms with E-state index in [9.17, 15) is 14.4 Å². The van der Waals surface area contributed by atoms with E-state index in [1.807, 2.05) is 0 Å². The van der Waals surface area contributed by atoms with Crippen molar-refractivity contribution in [2.24, 2.45) is 11.8 Å². The number of rotatable bonds is 5. The average Bonchev–Trinajstić information content (AvgIpc) is 3.42. The second-order valence-electron chi connectivity index (χ2n) is 7.40. The summed E-state index contributed by atoms with van der Waals surface area (Å²) in [5.74, 6) is -0.384. The van der Waals surface area contributed by atoms with E-state index in [-0.39, 0.29) is 24.3 Å². The van der Waals surface area contributed by atoms with E-state index in [1.54, 1.807) is 6.92 Å². The van der Waals surface area contributed by atoms with Crippen LogP contribution >= 0.6 is 0 Å². The number of carbonyl (C=O) groups is 3. The molecule has 2 saturated carbocycles. The lowest BCUT2D eigenvalue weighted by atomic mass is 9.96. The average molecular weight is 322 g/mol. The van der Waals surface area contributed by atoms with Crippen LogP contribution in [-0.4, -0.2) is 53.7 Å². The maximum absolute atomic E-state index is 12.5. The van der Waals surface area contributed by atoms with E-state index < -0.39 is 23.1 Å². The van der Waals surface area contributed by atoms with E-state index >= 15 is 0 Å². The first-order chi connectivity index (χ1) is 10.9. The maximum atomic E-state index is 12.5. The molecule has 3 amide bonds. The molecule has 4 aliphatic rings. The number of imide groups is 1. The van der Waals surface area contributed by atoms with E-state index in [4.69, 9.17) is 9.47 Å². The predicted molar refractivity (Wildman–Crippen MR) is 78.4 cm³/mol. The van der Waals surface area contributed by atoms with Gasteiger partial charge in [-0.3, -0.25) is 14.5 Å². The molecule has 0 spiro atoms. The number of ether oxygens (including phenoxy) is 2. The first kappa shape index (κ1) is 14.9. The molecule has 4 rings (SSSR count). The van der Waals surface area contributed by atoms with Gasteiger partial charge in [-0.1, -0.05) is 0 Å². The molecular formula is C16H22N2O5. The molecule has 0 aromatic rings. The number of nitrogens with one attached hydrogen (secondary N) is 1. The molecule has 0 radical (unpaired) electrons. The van der Waals surface area contributed by atoms with Crippen LogP contribution in [0.25, 0.3) is 0 Å². The molecule has 1 N–H and O–H groups in total. The molecular weight excluding hydrogens is 300 g/mol. The highest BCUT2D eigenvalue weighted by Gasteiger charge is 2.57. The molecule has 2 saturated heterocycles. The van der Waals surface area contributed by atoms with Crippen LogP contribution in [0.3, 0.4) is 0 Å². The summed E-state index contributed by atoms with van der Waals surface area (Å²) in [6.07, 6.45) is 4.45. The Bertz CT molecular complexity index is 563. The SMILES string of the molecule is C[C@]1(C2CC2)NC(=O)N(CC(=O)OC2([C@@H]3CCOC3)CC2)C1=O. The molecule has 23 heavy (non-hydrogen) atoms. The van der Waals surface area contributed by atoms with Crippen molar-refractivity contribution in [3.8, 4) is 0 Å². The topological polar surface area (TPSA) is 84.9 Å². The number of urea groups is 1. The number of hydrogen-bond acceptors (Lipinski definition) is 5. The van der Waals surface area contributed by atoms with E-state index in [0.29, 0.717) is 13.2 Å². The van der Waals surface area contributed by atoms with Gasteiger partial charge in [0, 0.05) is 12.5 Å². The van der Waals surface area contributed by atoms with Gasteiger partial charge >= 0.3 is 12.0 Å². The summed E-state index contributed by atoms with van der Waals surface area (Å²) in [5, 5.41) is 2.74. The second-order valence-corrected chi connectivity index (χ2v) is 7.40. The van der Waals surface area contributed by atoms with Crippen LogP contribution < -0.4 is 5.32 Å². The Labute approximate surface area is 134 Å². The summed E-state index contributed by atoms with van der Waals surface area (Å²) in [6.45, 7) is 2.77. The van der Waals surface area contributed by atoms with Gasteiger partial charge in [-0.05, 0) is 44.9 Å². The molecule has 0 bridgehead atoms. The van der Waals surface area contributed by atoms with E-state index in [1.165, 1.54) is 0 Å². The van der Waals surface area contributed by atoms with Crippen LogP contribution in [0.5, 0.6) is 0 Å². The van der Waals surface area contributed by atoms with Crippen LogP contribution in [0.2, 0.25) is 0 Å². The summed E-state index contributed by atoms with van der Waals surface area (Å²) in [5.41, 5.74) is -1.28. The normalized spacial score (nSPS) is 35.3. The Kier molecular flexibility index (Phi) is 3.20. The van der Waals surface area contributed by atoms with Gasteiger partial charge in [0.2, 0.25) is 0 Å². The molecule has 7 heteroatoms. The van der Waals surface area contributed by atoms with Crippen molar-refractivity contribution >= 4 is 17.9 Å². The zero-order valence-electron chi connectivity index (χ0n) is 13.3. The van der Waals surface area contributed by atoms with E-state index in [2.05, 4.69) is 5.32 Å². The lowest BCUT2D eigenvalue weighted by Crippen LogP contribution is -2.46. The smallest absolute Gasteiger partial charge is 0.326 e. The van der Waals surface area contributed by atoms with Crippen LogP contribution in [0, 0.1) is 11.8 Å². The summed E-state index contributed by atoms with van der Waals surface area (Å²) in [4.78, 5) is 37.8. The zero-order valence-corrected chi connectivity index (χ0v) is 13.3. The fraction of sp³-hybridized carbons (Fsp3) is 0.812. The number of amides is 3. The molecule has 2 heterocycles. The highest BCUT2D eigenvalue weighted by Crippen LogP contribution is 2.49. The fourth-order valence-electron chi connectivity index (χ4n) is 3.85. The van der Waals surface area contributed by atoms with Gasteiger partial charge in [-0.25, -0.2) is 4.79 Å². The summed E-state index contributed by atoms with van der Waals surface area (Å²) < 4.78 is 11.0. The third-order valence-corrected chi connectivity index (χ3v) is 5.72. The maximum Gasteiger partial charge on any atom is 0.326 e.